The number of ether oxygens (including phenoxy) is 1. The van der Waals surface area contributed by atoms with Crippen LogP contribution in [0.2, 0.25) is 0 Å². The van der Waals surface area contributed by atoms with Crippen molar-refractivity contribution in [1.82, 2.24) is 5.32 Å². The van der Waals surface area contributed by atoms with Crippen LogP contribution in [0.15, 0.2) is 72.8 Å². The monoisotopic (exact) mass is 571 g/mol. The van der Waals surface area contributed by atoms with E-state index in [0.717, 1.165) is 24.3 Å². The fourth-order valence-corrected chi connectivity index (χ4v) is 3.67. The smallest absolute Gasteiger partial charge is 0.428 e. The van der Waals surface area contributed by atoms with E-state index in [-0.39, 0.29) is 11.6 Å². The van der Waals surface area contributed by atoms with Crippen molar-refractivity contribution in [2.24, 2.45) is 0 Å². The zero-order chi connectivity index (χ0) is 29.2. The Labute approximate surface area is 213 Å². The molecule has 1 N–H and O–H groups in total. The fraction of sp³-hybridized carbons (Fsp3) is 0.240. The molecule has 3 aromatic carbocycles. The Morgan fingerprint density at radius 1 is 0.769 bits per heavy atom. The first-order valence-electron chi connectivity index (χ1n) is 10.7. The molecule has 0 heterocycles. The van der Waals surface area contributed by atoms with Crippen LogP contribution in [0.25, 0.3) is 0 Å². The molecular formula is C25H16F11NO2. The van der Waals surface area contributed by atoms with Gasteiger partial charge in [-0.25, -0.2) is 8.78 Å². The highest BCUT2D eigenvalue weighted by molar-refractivity contribution is 5.86. The van der Waals surface area contributed by atoms with Gasteiger partial charge in [0, 0.05) is 12.5 Å². The molecule has 0 saturated heterocycles. The van der Waals surface area contributed by atoms with Gasteiger partial charge in [0.2, 0.25) is 0 Å². The minimum Gasteiger partial charge on any atom is -0.428 e. The predicted molar refractivity (Wildman–Crippen MR) is 114 cm³/mol. The molecule has 1 atom stereocenters. The van der Waals surface area contributed by atoms with Crippen LogP contribution in [-0.2, 0) is 16.8 Å². The number of carbonyl (C=O) groups excluding carboxylic acids is 1. The number of hydrogen-bond donors (Lipinski definition) is 1. The average molecular weight is 571 g/mol. The Kier molecular flexibility index (Phi) is 8.18. The number of carbonyl (C=O) groups is 1. The molecule has 0 unspecified atom stereocenters. The molecule has 14 heteroatoms. The Hall–Kier alpha value is -3.84. The molecule has 1 amide bonds. The lowest BCUT2D eigenvalue weighted by atomic mass is 9.77. The van der Waals surface area contributed by atoms with Gasteiger partial charge in [0.25, 0.3) is 0 Å². The molecular weight excluding hydrogens is 555 g/mol. The van der Waals surface area contributed by atoms with E-state index in [0.29, 0.717) is 12.1 Å². The molecule has 0 aromatic heterocycles. The maximum absolute atomic E-state index is 14.6. The number of halogens is 11. The van der Waals surface area contributed by atoms with Crippen LogP contribution in [0.1, 0.15) is 16.7 Å². The minimum absolute atomic E-state index is 0.141. The summed E-state index contributed by atoms with van der Waals surface area (Å²) in [6.45, 7) is 0. The molecule has 0 saturated carbocycles. The largest absolute Gasteiger partial charge is 0.463 e. The van der Waals surface area contributed by atoms with E-state index < -0.39 is 71.0 Å². The van der Waals surface area contributed by atoms with Crippen molar-refractivity contribution in [2.45, 2.75) is 36.6 Å². The second-order valence-electron chi connectivity index (χ2n) is 8.24. The van der Waals surface area contributed by atoms with Gasteiger partial charge in [-0.2, -0.15) is 39.5 Å². The van der Waals surface area contributed by atoms with Crippen molar-refractivity contribution in [3.05, 3.63) is 101 Å². The van der Waals surface area contributed by atoms with Crippen LogP contribution in [0, 0.1) is 11.6 Å². The number of rotatable bonds is 9. The van der Waals surface area contributed by atoms with Gasteiger partial charge in [-0.1, -0.05) is 42.5 Å². The van der Waals surface area contributed by atoms with Gasteiger partial charge in [-0.3, -0.25) is 4.79 Å². The summed E-state index contributed by atoms with van der Waals surface area (Å²) in [5, 5.41) is 1.53. The first-order chi connectivity index (χ1) is 18.0. The molecule has 3 nitrogen and oxygen atoms in total. The Morgan fingerprint density at radius 2 is 1.36 bits per heavy atom. The SMILES string of the molecule is O=C(N[C@@](Cc1ccccc1)(c1ccc(F)cc1)c1cc(F)cc(OC(F)(F)C(F)F)c1)C(F)(F)C(F)(F)F. The van der Waals surface area contributed by atoms with E-state index in [4.69, 9.17) is 0 Å². The number of nitrogens with one attached hydrogen (secondary N) is 1. The highest BCUT2D eigenvalue weighted by Crippen LogP contribution is 2.41. The van der Waals surface area contributed by atoms with E-state index >= 15 is 0 Å². The fourth-order valence-electron chi connectivity index (χ4n) is 3.67. The Morgan fingerprint density at radius 3 is 1.90 bits per heavy atom. The standard InChI is InChI=1S/C25H16F11NO2/c26-17-8-6-15(7-9-17)22(13-14-4-2-1-3-5-14,37-21(38)23(30,31)25(34,35)36)16-10-18(27)12-19(11-16)39-24(32,33)20(28)29/h1-12,20H,13H2,(H,37,38)/t22-/m0/s1. The summed E-state index contributed by atoms with van der Waals surface area (Å²) >= 11 is 0. The molecule has 0 radical (unpaired) electrons. The molecule has 39 heavy (non-hydrogen) atoms. The summed E-state index contributed by atoms with van der Waals surface area (Å²) in [6.07, 6.45) is -16.6. The first-order valence-corrected chi connectivity index (χ1v) is 10.7. The predicted octanol–water partition coefficient (Wildman–Crippen LogP) is 7.00. The van der Waals surface area contributed by atoms with E-state index in [9.17, 15) is 53.1 Å². The van der Waals surface area contributed by atoms with Gasteiger partial charge in [-0.05, 0) is 41.0 Å². The first kappa shape index (κ1) is 29.7. The molecule has 0 fully saturated rings. The van der Waals surface area contributed by atoms with Crippen LogP contribution in [0.4, 0.5) is 48.3 Å². The molecule has 0 aliphatic rings. The van der Waals surface area contributed by atoms with Crippen molar-refractivity contribution < 1.29 is 57.8 Å². The van der Waals surface area contributed by atoms with E-state index in [1.807, 2.05) is 0 Å². The number of alkyl halides is 9. The van der Waals surface area contributed by atoms with Crippen LogP contribution in [0.5, 0.6) is 5.75 Å². The van der Waals surface area contributed by atoms with Gasteiger partial charge < -0.3 is 10.1 Å². The lowest BCUT2D eigenvalue weighted by molar-refractivity contribution is -0.270. The molecule has 3 rings (SSSR count). The topological polar surface area (TPSA) is 38.3 Å². The van der Waals surface area contributed by atoms with Gasteiger partial charge in [0.1, 0.15) is 17.4 Å². The number of benzene rings is 3. The lowest BCUT2D eigenvalue weighted by Gasteiger charge is -2.38. The molecule has 210 valence electrons. The van der Waals surface area contributed by atoms with Crippen molar-refractivity contribution in [3.8, 4) is 5.75 Å². The van der Waals surface area contributed by atoms with E-state index in [1.54, 1.807) is 0 Å². The third-order valence-electron chi connectivity index (χ3n) is 5.49. The molecule has 3 aromatic rings. The highest BCUT2D eigenvalue weighted by atomic mass is 19.4. The highest BCUT2D eigenvalue weighted by Gasteiger charge is 2.64. The van der Waals surface area contributed by atoms with Gasteiger partial charge in [0.15, 0.2) is 0 Å². The second-order valence-corrected chi connectivity index (χ2v) is 8.24. The van der Waals surface area contributed by atoms with Crippen molar-refractivity contribution in [1.29, 1.82) is 0 Å². The average Bonchev–Trinajstić information content (AvgIpc) is 2.83. The zero-order valence-corrected chi connectivity index (χ0v) is 19.2. The Balaban J connectivity index is 2.32. The normalized spacial score (nSPS) is 14.2. The quantitative estimate of drug-likeness (QED) is 0.281. The lowest BCUT2D eigenvalue weighted by Crippen LogP contribution is -2.58. The van der Waals surface area contributed by atoms with E-state index in [1.165, 1.54) is 35.6 Å². The third-order valence-corrected chi connectivity index (χ3v) is 5.49. The summed E-state index contributed by atoms with van der Waals surface area (Å²) in [7, 11) is 0. The number of amides is 1. The van der Waals surface area contributed by atoms with Gasteiger partial charge >= 0.3 is 30.5 Å². The van der Waals surface area contributed by atoms with Crippen LogP contribution in [-0.4, -0.2) is 30.5 Å². The summed E-state index contributed by atoms with van der Waals surface area (Å²) in [4.78, 5) is 12.4. The summed E-state index contributed by atoms with van der Waals surface area (Å²) < 4.78 is 152. The zero-order valence-electron chi connectivity index (χ0n) is 19.2. The van der Waals surface area contributed by atoms with Crippen LogP contribution in [0.3, 0.4) is 0 Å². The second kappa shape index (κ2) is 10.7. The van der Waals surface area contributed by atoms with Gasteiger partial charge in [-0.15, -0.1) is 0 Å². The molecule has 0 aliphatic carbocycles. The van der Waals surface area contributed by atoms with Crippen LogP contribution >= 0.6 is 0 Å². The molecule has 0 aliphatic heterocycles. The van der Waals surface area contributed by atoms with Crippen molar-refractivity contribution in [2.75, 3.05) is 0 Å². The maximum Gasteiger partial charge on any atom is 0.463 e. The van der Waals surface area contributed by atoms with Crippen molar-refractivity contribution in [3.63, 3.8) is 0 Å². The summed E-state index contributed by atoms with van der Waals surface area (Å²) in [5.41, 5.74) is -3.64. The van der Waals surface area contributed by atoms with Gasteiger partial charge in [0.05, 0.1) is 5.54 Å². The molecule has 0 bridgehead atoms. The third kappa shape index (κ3) is 6.42. The minimum atomic E-state index is -6.38. The number of hydrogen-bond acceptors (Lipinski definition) is 2. The summed E-state index contributed by atoms with van der Waals surface area (Å²) in [5.74, 6) is -12.6. The van der Waals surface area contributed by atoms with E-state index in [2.05, 4.69) is 4.74 Å². The van der Waals surface area contributed by atoms with Crippen LogP contribution < -0.4 is 10.1 Å². The maximum atomic E-state index is 14.6. The summed E-state index contributed by atoms with van der Waals surface area (Å²) in [6, 6.07) is 11.4. The van der Waals surface area contributed by atoms with Crippen molar-refractivity contribution >= 4 is 5.91 Å². The molecule has 0 spiro atoms. The Bertz CT molecular complexity index is 1300.